The van der Waals surface area contributed by atoms with Crippen LogP contribution >= 0.6 is 0 Å². The number of hydrogen-bond acceptors (Lipinski definition) is 2. The summed E-state index contributed by atoms with van der Waals surface area (Å²) in [7, 11) is 2.20. The third-order valence-electron chi connectivity index (χ3n) is 4.14. The molecule has 96 valence electrons. The summed E-state index contributed by atoms with van der Waals surface area (Å²) in [6.07, 6.45) is 2.43. The van der Waals surface area contributed by atoms with Crippen molar-refractivity contribution in [2.24, 2.45) is 0 Å². The molecule has 3 rings (SSSR count). The highest BCUT2D eigenvalue weighted by atomic mass is 15.3. The van der Waals surface area contributed by atoms with E-state index in [1.54, 1.807) is 0 Å². The zero-order valence-electron chi connectivity index (χ0n) is 11.5. The number of piperidine rings is 1. The monoisotopic (exact) mass is 243 g/mol. The average Bonchev–Trinajstić information content (AvgIpc) is 2.67. The number of rotatable bonds is 1. The Hall–Kier alpha value is -1.35. The minimum Gasteiger partial charge on any atom is -0.306 e. The van der Waals surface area contributed by atoms with Crippen LogP contribution in [-0.2, 0) is 0 Å². The maximum atomic E-state index is 4.82. The average molecular weight is 243 g/mol. The maximum absolute atomic E-state index is 4.82. The van der Waals surface area contributed by atoms with E-state index < -0.39 is 0 Å². The van der Waals surface area contributed by atoms with Gasteiger partial charge in [0, 0.05) is 11.1 Å². The van der Waals surface area contributed by atoms with Gasteiger partial charge in [-0.2, -0.15) is 5.10 Å². The number of nitrogens with zero attached hydrogens (tertiary/aromatic N) is 3. The topological polar surface area (TPSA) is 21.1 Å². The molecule has 0 spiro atoms. The summed E-state index contributed by atoms with van der Waals surface area (Å²) in [6, 6.07) is 7.15. The van der Waals surface area contributed by atoms with E-state index in [-0.39, 0.29) is 0 Å². The third-order valence-corrected chi connectivity index (χ3v) is 4.14. The van der Waals surface area contributed by atoms with Crippen LogP contribution in [0.4, 0.5) is 0 Å². The first-order valence-corrected chi connectivity index (χ1v) is 6.79. The molecule has 0 bridgehead atoms. The van der Waals surface area contributed by atoms with E-state index in [2.05, 4.69) is 48.7 Å². The van der Waals surface area contributed by atoms with Crippen molar-refractivity contribution in [1.82, 2.24) is 14.7 Å². The zero-order chi connectivity index (χ0) is 12.7. The lowest BCUT2D eigenvalue weighted by Gasteiger charge is -2.29. The van der Waals surface area contributed by atoms with Crippen molar-refractivity contribution >= 4 is 10.9 Å². The largest absolute Gasteiger partial charge is 0.306 e. The second kappa shape index (κ2) is 4.39. The highest BCUT2D eigenvalue weighted by Crippen LogP contribution is 2.27. The van der Waals surface area contributed by atoms with Crippen LogP contribution in [0.3, 0.4) is 0 Å². The lowest BCUT2D eigenvalue weighted by Crippen LogP contribution is -2.32. The smallest absolute Gasteiger partial charge is 0.0928 e. The van der Waals surface area contributed by atoms with Crippen LogP contribution in [0.1, 0.15) is 30.1 Å². The van der Waals surface area contributed by atoms with Crippen molar-refractivity contribution in [3.05, 3.63) is 29.5 Å². The van der Waals surface area contributed by atoms with Gasteiger partial charge in [-0.25, -0.2) is 0 Å². The number of likely N-dealkylation sites (tertiary alicyclic amines) is 1. The Morgan fingerprint density at radius 1 is 1.17 bits per heavy atom. The number of benzene rings is 1. The summed E-state index contributed by atoms with van der Waals surface area (Å²) in [5, 5.41) is 6.13. The second-order valence-corrected chi connectivity index (χ2v) is 5.59. The molecule has 1 aliphatic heterocycles. The van der Waals surface area contributed by atoms with E-state index >= 15 is 0 Å². The van der Waals surface area contributed by atoms with Gasteiger partial charge in [-0.15, -0.1) is 0 Å². The number of hydrogen-bond donors (Lipinski definition) is 0. The maximum Gasteiger partial charge on any atom is 0.0928 e. The molecule has 1 fully saturated rings. The molecule has 0 N–H and O–H groups in total. The predicted molar refractivity (Wildman–Crippen MR) is 75.0 cm³/mol. The van der Waals surface area contributed by atoms with Gasteiger partial charge in [-0.3, -0.25) is 4.68 Å². The van der Waals surface area contributed by atoms with Gasteiger partial charge in [-0.1, -0.05) is 12.1 Å². The molecule has 2 aromatic rings. The van der Waals surface area contributed by atoms with Crippen molar-refractivity contribution in [3.63, 3.8) is 0 Å². The lowest BCUT2D eigenvalue weighted by molar-refractivity contribution is 0.211. The summed E-state index contributed by atoms with van der Waals surface area (Å²) in [4.78, 5) is 2.40. The molecule has 1 saturated heterocycles. The van der Waals surface area contributed by atoms with Gasteiger partial charge in [-0.05, 0) is 58.5 Å². The fourth-order valence-electron chi connectivity index (χ4n) is 2.94. The highest BCUT2D eigenvalue weighted by Gasteiger charge is 2.21. The van der Waals surface area contributed by atoms with Gasteiger partial charge in [0.2, 0.25) is 0 Å². The molecule has 1 aromatic heterocycles. The van der Waals surface area contributed by atoms with E-state index in [0.29, 0.717) is 6.04 Å². The number of aromatic nitrogens is 2. The van der Waals surface area contributed by atoms with Gasteiger partial charge in [0.15, 0.2) is 0 Å². The molecule has 0 aliphatic carbocycles. The molecule has 0 radical (unpaired) electrons. The first-order valence-electron chi connectivity index (χ1n) is 6.79. The SMILES string of the molecule is Cc1ccc2c(C)n(C3CCN(C)CC3)nc2c1. The Morgan fingerprint density at radius 2 is 1.89 bits per heavy atom. The fourth-order valence-corrected chi connectivity index (χ4v) is 2.94. The van der Waals surface area contributed by atoms with Gasteiger partial charge < -0.3 is 4.90 Å². The van der Waals surface area contributed by atoms with E-state index in [1.165, 1.54) is 42.6 Å². The first-order chi connectivity index (χ1) is 8.65. The third kappa shape index (κ3) is 1.93. The normalized spacial score (nSPS) is 18.6. The zero-order valence-corrected chi connectivity index (χ0v) is 11.5. The number of fused-ring (bicyclic) bond motifs is 1. The van der Waals surface area contributed by atoms with Crippen LogP contribution in [-0.4, -0.2) is 34.8 Å². The number of aryl methyl sites for hydroxylation is 2. The molecule has 2 heterocycles. The molecular formula is C15H21N3. The van der Waals surface area contributed by atoms with Crippen molar-refractivity contribution in [1.29, 1.82) is 0 Å². The van der Waals surface area contributed by atoms with E-state index in [4.69, 9.17) is 5.10 Å². The quantitative estimate of drug-likeness (QED) is 0.768. The fraction of sp³-hybridized carbons (Fsp3) is 0.533. The molecule has 3 nitrogen and oxygen atoms in total. The Bertz CT molecular complexity index is 562. The predicted octanol–water partition coefficient (Wildman–Crippen LogP) is 2.92. The van der Waals surface area contributed by atoms with Crippen LogP contribution in [0.5, 0.6) is 0 Å². The van der Waals surface area contributed by atoms with E-state index in [0.717, 1.165) is 5.52 Å². The van der Waals surface area contributed by atoms with Gasteiger partial charge >= 0.3 is 0 Å². The summed E-state index contributed by atoms with van der Waals surface area (Å²) in [6.45, 7) is 6.69. The van der Waals surface area contributed by atoms with Crippen molar-refractivity contribution in [3.8, 4) is 0 Å². The van der Waals surface area contributed by atoms with Gasteiger partial charge in [0.25, 0.3) is 0 Å². The summed E-state index contributed by atoms with van der Waals surface area (Å²) < 4.78 is 2.26. The molecule has 0 atom stereocenters. The van der Waals surface area contributed by atoms with E-state index in [1.807, 2.05) is 0 Å². The van der Waals surface area contributed by atoms with Gasteiger partial charge in [0.05, 0.1) is 11.6 Å². The summed E-state index contributed by atoms with van der Waals surface area (Å²) in [5.41, 5.74) is 3.75. The molecule has 0 unspecified atom stereocenters. The van der Waals surface area contributed by atoms with Crippen LogP contribution < -0.4 is 0 Å². The standard InChI is InChI=1S/C15H21N3/c1-11-4-5-14-12(2)18(16-15(14)10-11)13-6-8-17(3)9-7-13/h4-5,10,13H,6-9H2,1-3H3. The lowest BCUT2D eigenvalue weighted by atomic mass is 10.1. The summed E-state index contributed by atoms with van der Waals surface area (Å²) in [5.74, 6) is 0. The molecule has 3 heteroatoms. The van der Waals surface area contributed by atoms with Gasteiger partial charge in [0.1, 0.15) is 0 Å². The Kier molecular flexibility index (Phi) is 2.86. The molecule has 0 saturated carbocycles. The van der Waals surface area contributed by atoms with Crippen molar-refractivity contribution in [2.45, 2.75) is 32.7 Å². The Morgan fingerprint density at radius 3 is 2.61 bits per heavy atom. The second-order valence-electron chi connectivity index (χ2n) is 5.59. The minimum atomic E-state index is 0.578. The minimum absolute atomic E-state index is 0.578. The van der Waals surface area contributed by atoms with Crippen molar-refractivity contribution in [2.75, 3.05) is 20.1 Å². The molecule has 18 heavy (non-hydrogen) atoms. The highest BCUT2D eigenvalue weighted by molar-refractivity contribution is 5.82. The molecule has 1 aliphatic rings. The van der Waals surface area contributed by atoms with Crippen molar-refractivity contribution < 1.29 is 0 Å². The van der Waals surface area contributed by atoms with Crippen LogP contribution in [0, 0.1) is 13.8 Å². The van der Waals surface area contributed by atoms with Crippen LogP contribution in [0.25, 0.3) is 10.9 Å². The van der Waals surface area contributed by atoms with E-state index in [9.17, 15) is 0 Å². The molecule has 0 amide bonds. The summed E-state index contributed by atoms with van der Waals surface area (Å²) >= 11 is 0. The Balaban J connectivity index is 1.99. The van der Waals surface area contributed by atoms with Crippen LogP contribution in [0.2, 0.25) is 0 Å². The first kappa shape index (κ1) is 11.7. The molecular weight excluding hydrogens is 222 g/mol. The van der Waals surface area contributed by atoms with Crippen LogP contribution in [0.15, 0.2) is 18.2 Å². The molecule has 1 aromatic carbocycles. The Labute approximate surface area is 108 Å².